The van der Waals surface area contributed by atoms with E-state index < -0.39 is 0 Å². The third kappa shape index (κ3) is 3.25. The van der Waals surface area contributed by atoms with Gasteiger partial charge in [0.2, 0.25) is 0 Å². The van der Waals surface area contributed by atoms with Crippen molar-refractivity contribution in [1.82, 2.24) is 4.90 Å². The second-order valence-corrected chi connectivity index (χ2v) is 4.57. The summed E-state index contributed by atoms with van der Waals surface area (Å²) in [4.78, 5) is 2.68. The lowest BCUT2D eigenvalue weighted by atomic mass is 9.94. The number of likely N-dealkylation sites (tertiary alicyclic amines) is 1. The molecule has 0 spiro atoms. The van der Waals surface area contributed by atoms with Crippen molar-refractivity contribution >= 4 is 0 Å². The first kappa shape index (κ1) is 12.0. The van der Waals surface area contributed by atoms with Gasteiger partial charge < -0.3 is 10.6 Å². The zero-order chi connectivity index (χ0) is 10.4. The van der Waals surface area contributed by atoms with Crippen molar-refractivity contribution in [2.24, 2.45) is 11.7 Å². The van der Waals surface area contributed by atoms with E-state index in [1.165, 1.54) is 45.2 Å². The fourth-order valence-corrected chi connectivity index (χ4v) is 2.53. The second kappa shape index (κ2) is 6.41. The van der Waals surface area contributed by atoms with Gasteiger partial charge in [-0.3, -0.25) is 0 Å². The SMILES string of the molecule is CCCC(CC)N1CCC(CN)CC1. The quantitative estimate of drug-likeness (QED) is 0.734. The van der Waals surface area contributed by atoms with Crippen LogP contribution in [0.1, 0.15) is 46.0 Å². The minimum atomic E-state index is 0.797. The van der Waals surface area contributed by atoms with Crippen molar-refractivity contribution in [3.8, 4) is 0 Å². The van der Waals surface area contributed by atoms with Gasteiger partial charge in [-0.2, -0.15) is 0 Å². The van der Waals surface area contributed by atoms with Crippen molar-refractivity contribution in [2.75, 3.05) is 19.6 Å². The second-order valence-electron chi connectivity index (χ2n) is 4.57. The number of nitrogens with two attached hydrogens (primary N) is 1. The molecule has 0 aromatic carbocycles. The van der Waals surface area contributed by atoms with Crippen LogP contribution in [-0.2, 0) is 0 Å². The van der Waals surface area contributed by atoms with Crippen LogP contribution in [-0.4, -0.2) is 30.6 Å². The van der Waals surface area contributed by atoms with E-state index in [2.05, 4.69) is 18.7 Å². The van der Waals surface area contributed by atoms with Crippen molar-refractivity contribution < 1.29 is 0 Å². The first-order valence-corrected chi connectivity index (χ1v) is 6.25. The predicted molar refractivity (Wildman–Crippen MR) is 62.3 cm³/mol. The zero-order valence-electron chi connectivity index (χ0n) is 9.84. The Hall–Kier alpha value is -0.0800. The van der Waals surface area contributed by atoms with E-state index in [4.69, 9.17) is 5.73 Å². The van der Waals surface area contributed by atoms with E-state index in [9.17, 15) is 0 Å². The highest BCUT2D eigenvalue weighted by atomic mass is 15.2. The van der Waals surface area contributed by atoms with Crippen molar-refractivity contribution in [2.45, 2.75) is 52.0 Å². The van der Waals surface area contributed by atoms with Crippen LogP contribution in [0.25, 0.3) is 0 Å². The predicted octanol–water partition coefficient (Wildman–Crippen LogP) is 2.24. The summed E-state index contributed by atoms with van der Waals surface area (Å²) >= 11 is 0. The molecule has 14 heavy (non-hydrogen) atoms. The molecule has 1 rings (SSSR count). The maximum atomic E-state index is 5.70. The van der Waals surface area contributed by atoms with Gasteiger partial charge in [-0.15, -0.1) is 0 Å². The highest BCUT2D eigenvalue weighted by Crippen LogP contribution is 2.21. The summed E-state index contributed by atoms with van der Waals surface area (Å²) in [5.74, 6) is 0.797. The van der Waals surface area contributed by atoms with Gasteiger partial charge in [0, 0.05) is 6.04 Å². The lowest BCUT2D eigenvalue weighted by molar-refractivity contribution is 0.124. The van der Waals surface area contributed by atoms with E-state index in [1.54, 1.807) is 0 Å². The topological polar surface area (TPSA) is 29.3 Å². The third-order valence-corrected chi connectivity index (χ3v) is 3.59. The van der Waals surface area contributed by atoms with Crippen molar-refractivity contribution in [3.63, 3.8) is 0 Å². The average molecular weight is 198 g/mol. The minimum absolute atomic E-state index is 0.797. The summed E-state index contributed by atoms with van der Waals surface area (Å²) in [6.07, 6.45) is 6.62. The molecule has 1 aliphatic rings. The van der Waals surface area contributed by atoms with Crippen LogP contribution in [0.15, 0.2) is 0 Å². The molecule has 1 unspecified atom stereocenters. The molecule has 0 radical (unpaired) electrons. The number of rotatable bonds is 5. The molecule has 0 bridgehead atoms. The minimum Gasteiger partial charge on any atom is -0.330 e. The average Bonchev–Trinajstić information content (AvgIpc) is 2.26. The van der Waals surface area contributed by atoms with Gasteiger partial charge in [-0.25, -0.2) is 0 Å². The van der Waals surface area contributed by atoms with E-state index in [-0.39, 0.29) is 0 Å². The number of hydrogen-bond acceptors (Lipinski definition) is 2. The molecule has 2 nitrogen and oxygen atoms in total. The van der Waals surface area contributed by atoms with Crippen LogP contribution >= 0.6 is 0 Å². The number of piperidine rings is 1. The van der Waals surface area contributed by atoms with Gasteiger partial charge in [-0.1, -0.05) is 20.3 Å². The van der Waals surface area contributed by atoms with Crippen LogP contribution in [0, 0.1) is 5.92 Å². The molecule has 0 saturated carbocycles. The molecule has 1 aliphatic heterocycles. The monoisotopic (exact) mass is 198 g/mol. The van der Waals surface area contributed by atoms with Crippen LogP contribution < -0.4 is 5.73 Å². The van der Waals surface area contributed by atoms with Crippen molar-refractivity contribution in [1.29, 1.82) is 0 Å². The van der Waals surface area contributed by atoms with Gasteiger partial charge in [0.05, 0.1) is 0 Å². The Morgan fingerprint density at radius 2 is 1.93 bits per heavy atom. The summed E-state index contributed by atoms with van der Waals surface area (Å²) in [5.41, 5.74) is 5.70. The molecule has 0 aromatic heterocycles. The summed E-state index contributed by atoms with van der Waals surface area (Å²) in [5, 5.41) is 0. The number of nitrogens with zero attached hydrogens (tertiary/aromatic N) is 1. The Bertz CT molecular complexity index is 139. The van der Waals surface area contributed by atoms with E-state index in [0.29, 0.717) is 0 Å². The van der Waals surface area contributed by atoms with Gasteiger partial charge in [-0.05, 0) is 51.2 Å². The first-order chi connectivity index (χ1) is 6.81. The van der Waals surface area contributed by atoms with Crippen LogP contribution in [0.5, 0.6) is 0 Å². The summed E-state index contributed by atoms with van der Waals surface area (Å²) < 4.78 is 0. The van der Waals surface area contributed by atoms with Gasteiger partial charge in [0.1, 0.15) is 0 Å². The normalized spacial score (nSPS) is 22.5. The zero-order valence-corrected chi connectivity index (χ0v) is 9.84. The molecule has 1 fully saturated rings. The molecular weight excluding hydrogens is 172 g/mol. The van der Waals surface area contributed by atoms with Gasteiger partial charge in [0.15, 0.2) is 0 Å². The lowest BCUT2D eigenvalue weighted by Crippen LogP contribution is -2.42. The molecule has 1 saturated heterocycles. The smallest absolute Gasteiger partial charge is 0.00925 e. The van der Waals surface area contributed by atoms with Crippen LogP contribution in [0.2, 0.25) is 0 Å². The van der Waals surface area contributed by atoms with E-state index in [1.807, 2.05) is 0 Å². The summed E-state index contributed by atoms with van der Waals surface area (Å²) in [7, 11) is 0. The summed E-state index contributed by atoms with van der Waals surface area (Å²) in [6.45, 7) is 8.05. The maximum Gasteiger partial charge on any atom is 0.00925 e. The van der Waals surface area contributed by atoms with Gasteiger partial charge in [0.25, 0.3) is 0 Å². The largest absolute Gasteiger partial charge is 0.330 e. The Labute approximate surface area is 88.8 Å². The Morgan fingerprint density at radius 3 is 2.36 bits per heavy atom. The molecule has 84 valence electrons. The van der Waals surface area contributed by atoms with Crippen molar-refractivity contribution in [3.05, 3.63) is 0 Å². The molecule has 1 atom stereocenters. The highest BCUT2D eigenvalue weighted by molar-refractivity contribution is 4.77. The molecule has 0 amide bonds. The molecule has 0 aliphatic carbocycles. The Balaban J connectivity index is 2.31. The number of hydrogen-bond donors (Lipinski definition) is 1. The first-order valence-electron chi connectivity index (χ1n) is 6.25. The molecule has 1 heterocycles. The molecular formula is C12H26N2. The molecule has 2 N–H and O–H groups in total. The van der Waals surface area contributed by atoms with Gasteiger partial charge >= 0.3 is 0 Å². The van der Waals surface area contributed by atoms with E-state index >= 15 is 0 Å². The fourth-order valence-electron chi connectivity index (χ4n) is 2.53. The van der Waals surface area contributed by atoms with Crippen LogP contribution in [0.4, 0.5) is 0 Å². The van der Waals surface area contributed by atoms with Crippen LogP contribution in [0.3, 0.4) is 0 Å². The fraction of sp³-hybridized carbons (Fsp3) is 1.00. The Morgan fingerprint density at radius 1 is 1.29 bits per heavy atom. The molecule has 2 heteroatoms. The lowest BCUT2D eigenvalue weighted by Gasteiger charge is -2.37. The van der Waals surface area contributed by atoms with E-state index in [0.717, 1.165) is 18.5 Å². The maximum absolute atomic E-state index is 5.70. The summed E-state index contributed by atoms with van der Waals surface area (Å²) in [6, 6.07) is 0.832. The third-order valence-electron chi connectivity index (χ3n) is 3.59. The standard InChI is InChI=1S/C12H26N2/c1-3-5-12(4-2)14-8-6-11(10-13)7-9-14/h11-12H,3-10,13H2,1-2H3. The highest BCUT2D eigenvalue weighted by Gasteiger charge is 2.22. The molecule has 0 aromatic rings. The Kier molecular flexibility index (Phi) is 5.49.